The van der Waals surface area contributed by atoms with Gasteiger partial charge in [0.2, 0.25) is 5.91 Å². The number of anilines is 2. The Hall–Kier alpha value is -1.59. The molecule has 5 nitrogen and oxygen atoms in total. The van der Waals surface area contributed by atoms with Gasteiger partial charge in [-0.05, 0) is 37.1 Å². The minimum absolute atomic E-state index is 0.215. The first-order valence-electron chi connectivity index (χ1n) is 7.73. The molecule has 1 amide bonds. The molecule has 1 saturated heterocycles. The Labute approximate surface area is 125 Å². The lowest BCUT2D eigenvalue weighted by Crippen LogP contribution is -2.37. The van der Waals surface area contributed by atoms with Crippen molar-refractivity contribution < 1.29 is 9.53 Å². The maximum absolute atomic E-state index is 12.4. The molecule has 0 aromatic heterocycles. The first-order chi connectivity index (χ1) is 10.2. The van der Waals surface area contributed by atoms with E-state index < -0.39 is 0 Å². The van der Waals surface area contributed by atoms with Gasteiger partial charge in [-0.2, -0.15) is 0 Å². The van der Waals surface area contributed by atoms with E-state index in [9.17, 15) is 4.79 Å². The van der Waals surface area contributed by atoms with Crippen LogP contribution >= 0.6 is 0 Å². The molecule has 0 radical (unpaired) electrons. The smallest absolute Gasteiger partial charge is 0.227 e. The fourth-order valence-electron chi connectivity index (χ4n) is 3.07. The van der Waals surface area contributed by atoms with E-state index in [4.69, 9.17) is 10.5 Å². The van der Waals surface area contributed by atoms with E-state index in [2.05, 4.69) is 4.90 Å². The van der Waals surface area contributed by atoms with E-state index in [1.54, 1.807) is 0 Å². The molecule has 3 rings (SSSR count). The van der Waals surface area contributed by atoms with Crippen LogP contribution in [0.2, 0.25) is 0 Å². The summed E-state index contributed by atoms with van der Waals surface area (Å²) >= 11 is 0. The Morgan fingerprint density at radius 2 is 2.05 bits per heavy atom. The minimum atomic E-state index is 0.215. The third kappa shape index (κ3) is 3.36. The van der Waals surface area contributed by atoms with Crippen molar-refractivity contribution in [1.82, 2.24) is 4.90 Å². The molecular formula is C16H23N3O2. The van der Waals surface area contributed by atoms with Gasteiger partial charge in [-0.1, -0.05) is 6.07 Å². The molecule has 0 bridgehead atoms. The highest BCUT2D eigenvalue weighted by Gasteiger charge is 2.24. The largest absolute Gasteiger partial charge is 0.399 e. The highest BCUT2D eigenvalue weighted by Crippen LogP contribution is 2.30. The number of carbonyl (C=O) groups is 1. The molecule has 0 atom stereocenters. The first kappa shape index (κ1) is 14.4. The zero-order valence-electron chi connectivity index (χ0n) is 12.4. The van der Waals surface area contributed by atoms with Crippen LogP contribution in [0.3, 0.4) is 0 Å². The second kappa shape index (κ2) is 6.45. The fraction of sp³-hybridized carbons (Fsp3) is 0.562. The van der Waals surface area contributed by atoms with Crippen LogP contribution in [0.25, 0.3) is 0 Å². The van der Waals surface area contributed by atoms with E-state index in [1.165, 1.54) is 5.56 Å². The topological polar surface area (TPSA) is 58.8 Å². The zero-order chi connectivity index (χ0) is 14.7. The summed E-state index contributed by atoms with van der Waals surface area (Å²) in [5, 5.41) is 0. The van der Waals surface area contributed by atoms with Crippen LogP contribution in [-0.2, 0) is 16.0 Å². The van der Waals surface area contributed by atoms with Crippen LogP contribution in [0.1, 0.15) is 18.4 Å². The molecule has 0 unspecified atom stereocenters. The van der Waals surface area contributed by atoms with Gasteiger partial charge in [-0.15, -0.1) is 0 Å². The standard InChI is InChI=1S/C16H23N3O2/c17-14-4-3-13-5-7-19(15(13)12-14)16(20)2-1-6-18-8-10-21-11-9-18/h3-4,12H,1-2,5-11,17H2. The lowest BCUT2D eigenvalue weighted by atomic mass is 10.1. The van der Waals surface area contributed by atoms with Gasteiger partial charge in [0.05, 0.1) is 13.2 Å². The van der Waals surface area contributed by atoms with Gasteiger partial charge in [0, 0.05) is 37.4 Å². The van der Waals surface area contributed by atoms with Gasteiger partial charge in [-0.25, -0.2) is 0 Å². The lowest BCUT2D eigenvalue weighted by Gasteiger charge is -2.26. The third-order valence-electron chi connectivity index (χ3n) is 4.27. The number of morpholine rings is 1. The first-order valence-corrected chi connectivity index (χ1v) is 7.73. The van der Waals surface area contributed by atoms with Gasteiger partial charge < -0.3 is 15.4 Å². The van der Waals surface area contributed by atoms with Crippen LogP contribution in [0.5, 0.6) is 0 Å². The predicted molar refractivity (Wildman–Crippen MR) is 83.4 cm³/mol. The molecule has 21 heavy (non-hydrogen) atoms. The summed E-state index contributed by atoms with van der Waals surface area (Å²) < 4.78 is 5.33. The average Bonchev–Trinajstić information content (AvgIpc) is 2.91. The summed E-state index contributed by atoms with van der Waals surface area (Å²) in [6.45, 7) is 5.36. The number of carbonyl (C=O) groups excluding carboxylic acids is 1. The number of nitrogens with zero attached hydrogens (tertiary/aromatic N) is 2. The van der Waals surface area contributed by atoms with Crippen molar-refractivity contribution in [2.24, 2.45) is 0 Å². The third-order valence-corrected chi connectivity index (χ3v) is 4.27. The van der Waals surface area contributed by atoms with Crippen molar-refractivity contribution in [3.63, 3.8) is 0 Å². The highest BCUT2D eigenvalue weighted by molar-refractivity contribution is 5.96. The van der Waals surface area contributed by atoms with Gasteiger partial charge >= 0.3 is 0 Å². The summed E-state index contributed by atoms with van der Waals surface area (Å²) in [4.78, 5) is 16.7. The maximum Gasteiger partial charge on any atom is 0.227 e. The quantitative estimate of drug-likeness (QED) is 0.848. The number of hydrogen-bond donors (Lipinski definition) is 1. The summed E-state index contributed by atoms with van der Waals surface area (Å²) in [6.07, 6.45) is 2.45. The maximum atomic E-state index is 12.4. The van der Waals surface area contributed by atoms with Crippen molar-refractivity contribution in [2.45, 2.75) is 19.3 Å². The summed E-state index contributed by atoms with van der Waals surface area (Å²) in [7, 11) is 0. The summed E-state index contributed by atoms with van der Waals surface area (Å²) in [5.41, 5.74) is 8.79. The summed E-state index contributed by atoms with van der Waals surface area (Å²) in [5.74, 6) is 0.215. The molecular weight excluding hydrogens is 266 g/mol. The van der Waals surface area contributed by atoms with Crippen molar-refractivity contribution in [1.29, 1.82) is 0 Å². The van der Waals surface area contributed by atoms with Crippen LogP contribution in [-0.4, -0.2) is 50.2 Å². The number of rotatable bonds is 4. The number of amides is 1. The molecule has 2 aliphatic heterocycles. The molecule has 114 valence electrons. The number of nitrogen functional groups attached to an aromatic ring is 1. The van der Waals surface area contributed by atoms with E-state index in [-0.39, 0.29) is 5.91 Å². The van der Waals surface area contributed by atoms with Crippen molar-refractivity contribution >= 4 is 17.3 Å². The Balaban J connectivity index is 1.51. The Morgan fingerprint density at radius 1 is 1.24 bits per heavy atom. The van der Waals surface area contributed by atoms with Gasteiger partial charge in [0.25, 0.3) is 0 Å². The molecule has 2 heterocycles. The SMILES string of the molecule is Nc1ccc2c(c1)N(C(=O)CCCN1CCOCC1)CC2. The van der Waals surface area contributed by atoms with Crippen LogP contribution in [0, 0.1) is 0 Å². The number of ether oxygens (including phenoxy) is 1. The Kier molecular flexibility index (Phi) is 4.41. The molecule has 0 spiro atoms. The predicted octanol–water partition coefficient (Wildman–Crippen LogP) is 1.27. The summed E-state index contributed by atoms with van der Waals surface area (Å²) in [6, 6.07) is 5.86. The molecule has 1 aromatic rings. The molecule has 1 aromatic carbocycles. The van der Waals surface area contributed by atoms with Gasteiger partial charge in [-0.3, -0.25) is 9.69 Å². The number of benzene rings is 1. The van der Waals surface area contributed by atoms with Crippen molar-refractivity contribution in [3.05, 3.63) is 23.8 Å². The number of nitrogens with two attached hydrogens (primary N) is 1. The fourth-order valence-corrected chi connectivity index (χ4v) is 3.07. The Morgan fingerprint density at radius 3 is 2.86 bits per heavy atom. The Bertz CT molecular complexity index is 512. The van der Waals surface area contributed by atoms with Gasteiger partial charge in [0.15, 0.2) is 0 Å². The van der Waals surface area contributed by atoms with Crippen LogP contribution < -0.4 is 10.6 Å². The van der Waals surface area contributed by atoms with E-state index >= 15 is 0 Å². The molecule has 2 N–H and O–H groups in total. The van der Waals surface area contributed by atoms with E-state index in [1.807, 2.05) is 23.1 Å². The van der Waals surface area contributed by atoms with Crippen molar-refractivity contribution in [3.8, 4) is 0 Å². The average molecular weight is 289 g/mol. The van der Waals surface area contributed by atoms with E-state index in [0.717, 1.165) is 63.6 Å². The zero-order valence-corrected chi connectivity index (χ0v) is 12.4. The molecule has 0 saturated carbocycles. The van der Waals surface area contributed by atoms with Crippen LogP contribution in [0.4, 0.5) is 11.4 Å². The lowest BCUT2D eigenvalue weighted by molar-refractivity contribution is -0.118. The van der Waals surface area contributed by atoms with Crippen LogP contribution in [0.15, 0.2) is 18.2 Å². The molecule has 1 fully saturated rings. The molecule has 2 aliphatic rings. The highest BCUT2D eigenvalue weighted by atomic mass is 16.5. The number of fused-ring (bicyclic) bond motifs is 1. The normalized spacial score (nSPS) is 18.8. The second-order valence-corrected chi connectivity index (χ2v) is 5.74. The van der Waals surface area contributed by atoms with Gasteiger partial charge in [0.1, 0.15) is 0 Å². The number of hydrogen-bond acceptors (Lipinski definition) is 4. The monoisotopic (exact) mass is 289 g/mol. The van der Waals surface area contributed by atoms with E-state index in [0.29, 0.717) is 6.42 Å². The minimum Gasteiger partial charge on any atom is -0.399 e. The molecule has 0 aliphatic carbocycles. The van der Waals surface area contributed by atoms with Crippen molar-refractivity contribution in [2.75, 3.05) is 50.0 Å². The molecule has 5 heteroatoms. The second-order valence-electron chi connectivity index (χ2n) is 5.74.